The summed E-state index contributed by atoms with van der Waals surface area (Å²) in [5.74, 6) is -1.71. The largest absolute Gasteiger partial charge is 0.471 e. The molecule has 0 radical (unpaired) electrons. The van der Waals surface area contributed by atoms with Crippen LogP contribution in [0, 0.1) is 0 Å². The molecule has 1 spiro atoms. The van der Waals surface area contributed by atoms with E-state index in [1.807, 2.05) is 30.3 Å². The standard InChI is InChI=1S/C22H33F3N2O2Si/c1-20(2,3)30(4,5)29-15-18-14-27(19(28)22(23,24)25)21(11-12-21)16-26(18)13-17-9-7-6-8-10-17/h6-10,18H,11-16H2,1-5H3. The molecule has 1 unspecified atom stereocenters. The van der Waals surface area contributed by atoms with Gasteiger partial charge in [0.2, 0.25) is 0 Å². The minimum absolute atomic E-state index is 0.00508. The minimum Gasteiger partial charge on any atom is -0.415 e. The van der Waals surface area contributed by atoms with Crippen LogP contribution in [0.25, 0.3) is 0 Å². The number of carbonyl (C=O) groups is 1. The fraction of sp³-hybridized carbons (Fsp3) is 0.682. The fourth-order valence-corrected chi connectivity index (χ4v) is 4.86. The van der Waals surface area contributed by atoms with Crippen molar-refractivity contribution in [3.8, 4) is 0 Å². The first-order valence-electron chi connectivity index (χ1n) is 10.6. The van der Waals surface area contributed by atoms with Gasteiger partial charge in [-0.05, 0) is 36.5 Å². The van der Waals surface area contributed by atoms with Crippen molar-refractivity contribution in [2.24, 2.45) is 0 Å². The van der Waals surface area contributed by atoms with Crippen LogP contribution in [0.3, 0.4) is 0 Å². The number of hydrogen-bond acceptors (Lipinski definition) is 3. The summed E-state index contributed by atoms with van der Waals surface area (Å²) in [4.78, 5) is 15.5. The molecule has 1 amide bonds. The zero-order valence-corrected chi connectivity index (χ0v) is 19.6. The van der Waals surface area contributed by atoms with Crippen molar-refractivity contribution >= 4 is 14.2 Å². The topological polar surface area (TPSA) is 32.8 Å². The minimum atomic E-state index is -4.85. The molecule has 8 heteroatoms. The van der Waals surface area contributed by atoms with E-state index in [-0.39, 0.29) is 17.6 Å². The van der Waals surface area contributed by atoms with E-state index < -0.39 is 25.9 Å². The lowest BCUT2D eigenvalue weighted by Crippen LogP contribution is -2.64. The number of hydrogen-bond donors (Lipinski definition) is 0. The predicted molar refractivity (Wildman–Crippen MR) is 114 cm³/mol. The average molecular weight is 443 g/mol. The molecule has 0 bridgehead atoms. The third-order valence-corrected chi connectivity index (χ3v) is 11.5. The molecular weight excluding hydrogens is 409 g/mol. The van der Waals surface area contributed by atoms with Gasteiger partial charge in [-0.2, -0.15) is 13.2 Å². The van der Waals surface area contributed by atoms with Crippen LogP contribution in [0.15, 0.2) is 30.3 Å². The lowest BCUT2D eigenvalue weighted by atomic mass is 10.0. The van der Waals surface area contributed by atoms with Gasteiger partial charge in [0, 0.05) is 25.7 Å². The van der Waals surface area contributed by atoms with E-state index in [1.54, 1.807) is 0 Å². The van der Waals surface area contributed by atoms with Gasteiger partial charge in [-0.1, -0.05) is 51.1 Å². The van der Waals surface area contributed by atoms with Gasteiger partial charge in [0.15, 0.2) is 8.32 Å². The molecule has 1 heterocycles. The van der Waals surface area contributed by atoms with Gasteiger partial charge >= 0.3 is 12.1 Å². The third-order valence-electron chi connectivity index (χ3n) is 6.97. The van der Waals surface area contributed by atoms with E-state index in [9.17, 15) is 18.0 Å². The lowest BCUT2D eigenvalue weighted by molar-refractivity contribution is -0.193. The summed E-state index contributed by atoms with van der Waals surface area (Å²) >= 11 is 0. The molecule has 1 aliphatic heterocycles. The maximum absolute atomic E-state index is 13.3. The molecule has 0 N–H and O–H groups in total. The molecule has 1 atom stereocenters. The first-order valence-corrected chi connectivity index (χ1v) is 13.5. The van der Waals surface area contributed by atoms with Crippen molar-refractivity contribution in [3.05, 3.63) is 35.9 Å². The van der Waals surface area contributed by atoms with Crippen LogP contribution in [0.2, 0.25) is 18.1 Å². The van der Waals surface area contributed by atoms with Crippen molar-refractivity contribution in [2.75, 3.05) is 19.7 Å². The second-order valence-electron chi connectivity index (χ2n) is 10.3. The van der Waals surface area contributed by atoms with Crippen molar-refractivity contribution in [2.45, 2.75) is 76.0 Å². The van der Waals surface area contributed by atoms with Crippen LogP contribution in [-0.2, 0) is 15.8 Å². The highest BCUT2D eigenvalue weighted by Gasteiger charge is 2.59. The maximum Gasteiger partial charge on any atom is 0.471 e. The van der Waals surface area contributed by atoms with Gasteiger partial charge in [0.1, 0.15) is 0 Å². The van der Waals surface area contributed by atoms with Gasteiger partial charge in [0.05, 0.1) is 12.1 Å². The van der Waals surface area contributed by atoms with Gasteiger partial charge in [0.25, 0.3) is 0 Å². The summed E-state index contributed by atoms with van der Waals surface area (Å²) in [7, 11) is -2.07. The van der Waals surface area contributed by atoms with E-state index >= 15 is 0 Å². The highest BCUT2D eigenvalue weighted by Crippen LogP contribution is 2.47. The fourth-order valence-electron chi connectivity index (χ4n) is 3.82. The van der Waals surface area contributed by atoms with E-state index in [4.69, 9.17) is 4.43 Å². The van der Waals surface area contributed by atoms with E-state index in [0.29, 0.717) is 32.5 Å². The summed E-state index contributed by atoms with van der Waals surface area (Å²) in [6, 6.07) is 9.66. The van der Waals surface area contributed by atoms with Gasteiger partial charge in [-0.3, -0.25) is 9.69 Å². The highest BCUT2D eigenvalue weighted by molar-refractivity contribution is 6.74. The zero-order valence-electron chi connectivity index (χ0n) is 18.6. The van der Waals surface area contributed by atoms with E-state index in [2.05, 4.69) is 38.8 Å². The van der Waals surface area contributed by atoms with Crippen LogP contribution in [-0.4, -0.2) is 61.5 Å². The van der Waals surface area contributed by atoms with Gasteiger partial charge < -0.3 is 9.33 Å². The summed E-state index contributed by atoms with van der Waals surface area (Å²) in [5, 5.41) is 0.00508. The third kappa shape index (κ3) is 4.91. The summed E-state index contributed by atoms with van der Waals surface area (Å²) in [5.41, 5.74) is 0.427. The Kier molecular flexibility index (Phi) is 6.17. The summed E-state index contributed by atoms with van der Waals surface area (Å²) in [6.07, 6.45) is -3.60. The van der Waals surface area contributed by atoms with E-state index in [0.717, 1.165) is 10.5 Å². The molecule has 30 heavy (non-hydrogen) atoms. The smallest absolute Gasteiger partial charge is 0.415 e. The van der Waals surface area contributed by atoms with Crippen LogP contribution in [0.5, 0.6) is 0 Å². The average Bonchev–Trinajstić information content (AvgIpc) is 3.39. The Bertz CT molecular complexity index is 758. The molecule has 2 fully saturated rings. The van der Waals surface area contributed by atoms with Crippen LogP contribution < -0.4 is 0 Å². The van der Waals surface area contributed by atoms with Crippen molar-refractivity contribution in [3.63, 3.8) is 0 Å². The SMILES string of the molecule is CC(C)(C)[Si](C)(C)OCC1CN(C(=O)C(F)(F)F)C2(CC2)CN1Cc1ccccc1. The number of piperazine rings is 1. The molecule has 3 rings (SSSR count). The molecule has 1 aromatic rings. The molecule has 4 nitrogen and oxygen atoms in total. The number of benzene rings is 1. The number of carbonyl (C=O) groups excluding carboxylic acids is 1. The number of halogens is 3. The number of amides is 1. The number of nitrogens with zero attached hydrogens (tertiary/aromatic N) is 2. The van der Waals surface area contributed by atoms with E-state index in [1.165, 1.54) is 0 Å². The highest BCUT2D eigenvalue weighted by atomic mass is 28.4. The molecule has 1 saturated carbocycles. The first-order chi connectivity index (χ1) is 13.8. The first kappa shape index (κ1) is 23.3. The Balaban J connectivity index is 1.82. The normalized spacial score (nSPS) is 22.4. The molecule has 0 aromatic heterocycles. The quantitative estimate of drug-likeness (QED) is 0.613. The van der Waals surface area contributed by atoms with Crippen LogP contribution in [0.1, 0.15) is 39.2 Å². The molecule has 1 aromatic carbocycles. The summed E-state index contributed by atoms with van der Waals surface area (Å²) < 4.78 is 46.2. The van der Waals surface area contributed by atoms with Crippen molar-refractivity contribution in [1.82, 2.24) is 9.80 Å². The second-order valence-corrected chi connectivity index (χ2v) is 15.1. The number of alkyl halides is 3. The maximum atomic E-state index is 13.3. The monoisotopic (exact) mass is 442 g/mol. The van der Waals surface area contributed by atoms with Crippen molar-refractivity contribution < 1.29 is 22.4 Å². The Morgan fingerprint density at radius 2 is 1.77 bits per heavy atom. The van der Waals surface area contributed by atoms with Crippen molar-refractivity contribution in [1.29, 1.82) is 0 Å². The van der Waals surface area contributed by atoms with Crippen LogP contribution >= 0.6 is 0 Å². The summed E-state index contributed by atoms with van der Waals surface area (Å²) in [6.45, 7) is 12.2. The molecule has 1 saturated heterocycles. The Morgan fingerprint density at radius 3 is 2.27 bits per heavy atom. The molecule has 1 aliphatic carbocycles. The van der Waals surface area contributed by atoms with Gasteiger partial charge in [-0.25, -0.2) is 0 Å². The number of rotatable bonds is 5. The second kappa shape index (κ2) is 7.95. The molecular formula is C22H33F3N2O2Si. The predicted octanol–water partition coefficient (Wildman–Crippen LogP) is 4.82. The molecule has 2 aliphatic rings. The Labute approximate surface area is 178 Å². The Hall–Kier alpha value is -1.38. The zero-order chi connectivity index (χ0) is 22.4. The molecule has 168 valence electrons. The Morgan fingerprint density at radius 1 is 1.17 bits per heavy atom. The van der Waals surface area contributed by atoms with Gasteiger partial charge in [-0.15, -0.1) is 0 Å². The lowest BCUT2D eigenvalue weighted by Gasteiger charge is -2.48. The van der Waals surface area contributed by atoms with Crippen LogP contribution in [0.4, 0.5) is 13.2 Å².